The number of rotatable bonds is 3. The van der Waals surface area contributed by atoms with Crippen molar-refractivity contribution in [2.24, 2.45) is 5.92 Å². The van der Waals surface area contributed by atoms with Gasteiger partial charge in [-0.2, -0.15) is 26.3 Å². The summed E-state index contributed by atoms with van der Waals surface area (Å²) in [5.74, 6) is -0.686. The molecule has 1 heterocycles. The van der Waals surface area contributed by atoms with Gasteiger partial charge in [-0.3, -0.25) is 4.98 Å². The molecule has 0 bridgehead atoms. The van der Waals surface area contributed by atoms with Crippen LogP contribution in [0.4, 0.5) is 35.1 Å². The summed E-state index contributed by atoms with van der Waals surface area (Å²) in [4.78, 5) is 3.80. The maximum Gasteiger partial charge on any atom is 0.437 e. The van der Waals surface area contributed by atoms with Crippen molar-refractivity contribution in [2.75, 3.05) is 0 Å². The molecule has 0 radical (unpaired) electrons. The summed E-state index contributed by atoms with van der Waals surface area (Å²) >= 11 is -1.77. The quantitative estimate of drug-likeness (QED) is 0.382. The zero-order valence-corrected chi connectivity index (χ0v) is 17.2. The first-order valence-electron chi connectivity index (χ1n) is 9.83. The molecule has 4 rings (SSSR count). The first kappa shape index (κ1) is 23.3. The molecule has 3 atom stereocenters. The number of aromatic nitrogens is 1. The summed E-state index contributed by atoms with van der Waals surface area (Å²) < 4.78 is 119. The molecule has 0 amide bonds. The summed E-state index contributed by atoms with van der Waals surface area (Å²) in [5.41, 5.74) is -7.25. The zero-order chi connectivity index (χ0) is 23.5. The Morgan fingerprint density at radius 3 is 2.12 bits per heavy atom. The Morgan fingerprint density at radius 1 is 0.906 bits per heavy atom. The van der Waals surface area contributed by atoms with Crippen molar-refractivity contribution in [1.82, 2.24) is 4.98 Å². The van der Waals surface area contributed by atoms with Crippen molar-refractivity contribution in [3.63, 3.8) is 0 Å². The van der Waals surface area contributed by atoms with Crippen molar-refractivity contribution in [2.45, 2.75) is 59.8 Å². The number of benzene rings is 1. The lowest BCUT2D eigenvalue weighted by molar-refractivity contribution is -0.350. The van der Waals surface area contributed by atoms with E-state index in [0.29, 0.717) is 36.6 Å². The average molecular weight is 483 g/mol. The predicted molar refractivity (Wildman–Crippen MR) is 99.3 cm³/mol. The number of aryl methyl sites for hydroxylation is 1. The first-order valence-corrected chi connectivity index (χ1v) is 11.0. The van der Waals surface area contributed by atoms with E-state index in [-0.39, 0.29) is 23.6 Å². The molecule has 2 aliphatic carbocycles. The van der Waals surface area contributed by atoms with Gasteiger partial charge in [0, 0.05) is 23.6 Å². The maximum absolute atomic E-state index is 14.5. The summed E-state index contributed by atoms with van der Waals surface area (Å²) in [5, 5.41) is 0. The predicted octanol–water partition coefficient (Wildman–Crippen LogP) is 6.26. The minimum Gasteiger partial charge on any atom is -0.611 e. The van der Waals surface area contributed by atoms with E-state index in [1.165, 1.54) is 12.1 Å². The number of fused-ring (bicyclic) bond motifs is 3. The minimum atomic E-state index is -6.26. The summed E-state index contributed by atoms with van der Waals surface area (Å²) in [6, 6.07) is 6.33. The van der Waals surface area contributed by atoms with Crippen LogP contribution < -0.4 is 0 Å². The van der Waals surface area contributed by atoms with Crippen LogP contribution in [0.5, 0.6) is 0 Å². The van der Waals surface area contributed by atoms with Crippen molar-refractivity contribution < 1.29 is 39.7 Å². The van der Waals surface area contributed by atoms with Crippen LogP contribution in [0, 0.1) is 11.7 Å². The van der Waals surface area contributed by atoms with Crippen LogP contribution in [0.3, 0.4) is 0 Å². The number of hydrogen-bond acceptors (Lipinski definition) is 2. The molecule has 1 saturated carbocycles. The third kappa shape index (κ3) is 3.30. The van der Waals surface area contributed by atoms with E-state index in [1.807, 2.05) is 0 Å². The SMILES string of the molecule is [O-][S+](c1ccc(F)cc1)C12CCCC1CCc1nc(C(F)(C(F)(F)F)C(F)(F)F)ccc12. The third-order valence-corrected chi connectivity index (χ3v) is 8.53. The first-order chi connectivity index (χ1) is 14.8. The molecular weight excluding hydrogens is 466 g/mol. The topological polar surface area (TPSA) is 36.0 Å². The van der Waals surface area contributed by atoms with Gasteiger partial charge in [0.25, 0.3) is 0 Å². The Kier molecular flexibility index (Phi) is 5.51. The van der Waals surface area contributed by atoms with E-state index < -0.39 is 45.5 Å². The molecule has 0 N–H and O–H groups in total. The molecule has 2 aromatic rings. The Balaban J connectivity index is 1.85. The van der Waals surface area contributed by atoms with Gasteiger partial charge in [-0.1, -0.05) is 0 Å². The average Bonchev–Trinajstić information content (AvgIpc) is 3.16. The van der Waals surface area contributed by atoms with Gasteiger partial charge in [0.1, 0.15) is 5.82 Å². The molecule has 0 spiro atoms. The Hall–Kier alpha value is -1.88. The van der Waals surface area contributed by atoms with Crippen LogP contribution in [0.15, 0.2) is 41.3 Å². The number of hydrogen-bond donors (Lipinski definition) is 0. The standard InChI is InChI=1S/C21H17F8NOS/c22-13-4-6-14(7-5-13)32(31)18-11-1-2-12(18)3-9-16-15(18)8-10-17(30-16)19(23,20(24,25)26)21(27,28)29/h4-8,10,12H,1-3,9,11H2. The van der Waals surface area contributed by atoms with E-state index in [9.17, 15) is 39.7 Å². The van der Waals surface area contributed by atoms with Gasteiger partial charge in [-0.05, 0) is 73.3 Å². The fourth-order valence-corrected chi connectivity index (χ4v) is 6.98. The van der Waals surface area contributed by atoms with Crippen molar-refractivity contribution in [1.29, 1.82) is 0 Å². The van der Waals surface area contributed by atoms with E-state index >= 15 is 0 Å². The van der Waals surface area contributed by atoms with Crippen LogP contribution in [-0.4, -0.2) is 21.9 Å². The molecule has 0 saturated heterocycles. The third-order valence-electron chi connectivity index (χ3n) is 6.41. The van der Waals surface area contributed by atoms with E-state index in [1.54, 1.807) is 0 Å². The van der Waals surface area contributed by atoms with Crippen molar-refractivity contribution in [3.8, 4) is 0 Å². The monoisotopic (exact) mass is 483 g/mol. The van der Waals surface area contributed by atoms with E-state index in [0.717, 1.165) is 18.2 Å². The smallest absolute Gasteiger partial charge is 0.437 e. The largest absolute Gasteiger partial charge is 0.611 e. The van der Waals surface area contributed by atoms with E-state index in [4.69, 9.17) is 0 Å². The van der Waals surface area contributed by atoms with Crippen LogP contribution in [0.2, 0.25) is 0 Å². The Labute approximate surface area is 181 Å². The highest BCUT2D eigenvalue weighted by Crippen LogP contribution is 2.58. The lowest BCUT2D eigenvalue weighted by atomic mass is 9.77. The van der Waals surface area contributed by atoms with Crippen LogP contribution in [0.25, 0.3) is 0 Å². The van der Waals surface area contributed by atoms with Gasteiger partial charge in [-0.15, -0.1) is 0 Å². The lowest BCUT2D eigenvalue weighted by Gasteiger charge is -2.41. The van der Waals surface area contributed by atoms with Gasteiger partial charge in [0.2, 0.25) is 0 Å². The van der Waals surface area contributed by atoms with Gasteiger partial charge in [-0.25, -0.2) is 8.78 Å². The highest BCUT2D eigenvalue weighted by Gasteiger charge is 2.74. The lowest BCUT2D eigenvalue weighted by Crippen LogP contribution is -2.51. The van der Waals surface area contributed by atoms with Gasteiger partial charge in [0.05, 0.1) is 5.69 Å². The Morgan fingerprint density at radius 2 is 1.53 bits per heavy atom. The van der Waals surface area contributed by atoms with Crippen LogP contribution >= 0.6 is 0 Å². The zero-order valence-electron chi connectivity index (χ0n) is 16.4. The van der Waals surface area contributed by atoms with Gasteiger partial charge >= 0.3 is 18.0 Å². The maximum atomic E-state index is 14.5. The molecule has 32 heavy (non-hydrogen) atoms. The van der Waals surface area contributed by atoms with Gasteiger partial charge < -0.3 is 4.55 Å². The van der Waals surface area contributed by atoms with E-state index in [2.05, 4.69) is 4.98 Å². The second-order valence-electron chi connectivity index (χ2n) is 8.08. The highest BCUT2D eigenvalue weighted by atomic mass is 32.2. The normalized spacial score (nSPS) is 24.7. The highest BCUT2D eigenvalue weighted by molar-refractivity contribution is 7.92. The molecule has 0 aliphatic heterocycles. The van der Waals surface area contributed by atoms with Crippen LogP contribution in [0.1, 0.15) is 42.6 Å². The molecule has 1 aromatic carbocycles. The molecule has 2 nitrogen and oxygen atoms in total. The molecular formula is C21H17F8NOS. The fraction of sp³-hybridized carbons (Fsp3) is 0.476. The number of nitrogens with zero attached hydrogens (tertiary/aromatic N) is 1. The van der Waals surface area contributed by atoms with Crippen molar-refractivity contribution in [3.05, 3.63) is 59.2 Å². The minimum absolute atomic E-state index is 0.0437. The molecule has 1 fully saturated rings. The molecule has 174 valence electrons. The number of halogens is 8. The molecule has 2 aliphatic rings. The second-order valence-corrected chi connectivity index (χ2v) is 9.82. The molecule has 3 unspecified atom stereocenters. The molecule has 1 aromatic heterocycles. The fourth-order valence-electron chi connectivity index (χ4n) is 4.92. The summed E-state index contributed by atoms with van der Waals surface area (Å²) in [6.07, 6.45) is -10.4. The van der Waals surface area contributed by atoms with Crippen LogP contribution in [-0.2, 0) is 28.0 Å². The summed E-state index contributed by atoms with van der Waals surface area (Å²) in [7, 11) is 0. The Bertz CT molecular complexity index is 992. The number of pyridine rings is 1. The van der Waals surface area contributed by atoms with Crippen molar-refractivity contribution >= 4 is 11.2 Å². The number of alkyl halides is 7. The molecule has 11 heteroatoms. The second kappa shape index (κ2) is 7.58. The van der Waals surface area contributed by atoms with Gasteiger partial charge in [0.15, 0.2) is 9.64 Å². The summed E-state index contributed by atoms with van der Waals surface area (Å²) in [6.45, 7) is 0.